The minimum atomic E-state index is 0.0265. The molecule has 3 heteroatoms. The van der Waals surface area contributed by atoms with Crippen molar-refractivity contribution in [3.8, 4) is 11.8 Å². The number of aryl methyl sites for hydroxylation is 2. The summed E-state index contributed by atoms with van der Waals surface area (Å²) in [6.45, 7) is 5.83. The van der Waals surface area contributed by atoms with Crippen molar-refractivity contribution in [1.29, 1.82) is 0 Å². The molecular formula is C10H14N2S. The molecule has 13 heavy (non-hydrogen) atoms. The van der Waals surface area contributed by atoms with E-state index in [2.05, 4.69) is 16.8 Å². The highest BCUT2D eigenvalue weighted by Gasteiger charge is 2.11. The van der Waals surface area contributed by atoms with E-state index < -0.39 is 0 Å². The zero-order valence-electron chi connectivity index (χ0n) is 8.22. The molecule has 1 heterocycles. The summed E-state index contributed by atoms with van der Waals surface area (Å²) in [7, 11) is 0. The molecule has 0 spiro atoms. The van der Waals surface area contributed by atoms with Crippen LogP contribution in [0.15, 0.2) is 0 Å². The van der Waals surface area contributed by atoms with Crippen LogP contribution in [0.2, 0.25) is 0 Å². The fourth-order valence-corrected chi connectivity index (χ4v) is 2.12. The number of nitrogens with zero attached hydrogens (tertiary/aromatic N) is 1. The average Bonchev–Trinajstić information content (AvgIpc) is 2.41. The maximum absolute atomic E-state index is 5.96. The predicted octanol–water partition coefficient (Wildman–Crippen LogP) is 2.17. The Bertz CT molecular complexity index is 344. The highest BCUT2D eigenvalue weighted by Crippen LogP contribution is 2.24. The Kier molecular flexibility index (Phi) is 3.47. The number of hydrogen-bond acceptors (Lipinski definition) is 3. The van der Waals surface area contributed by atoms with Gasteiger partial charge in [0.2, 0.25) is 0 Å². The molecule has 0 aliphatic rings. The Balaban J connectivity index is 2.79. The highest BCUT2D eigenvalue weighted by molar-refractivity contribution is 7.11. The minimum Gasteiger partial charge on any atom is -0.322 e. The Morgan fingerprint density at radius 3 is 2.69 bits per heavy atom. The molecule has 0 bridgehead atoms. The second kappa shape index (κ2) is 4.40. The van der Waals surface area contributed by atoms with Gasteiger partial charge in [-0.2, -0.15) is 0 Å². The van der Waals surface area contributed by atoms with Crippen molar-refractivity contribution >= 4 is 11.3 Å². The quantitative estimate of drug-likeness (QED) is 0.733. The summed E-state index contributed by atoms with van der Waals surface area (Å²) >= 11 is 1.67. The van der Waals surface area contributed by atoms with Crippen molar-refractivity contribution in [1.82, 2.24) is 4.98 Å². The van der Waals surface area contributed by atoms with Gasteiger partial charge in [-0.3, -0.25) is 0 Å². The molecule has 1 rings (SSSR count). The number of aromatic nitrogens is 1. The van der Waals surface area contributed by atoms with E-state index in [0.717, 1.165) is 17.1 Å². The van der Waals surface area contributed by atoms with Crippen LogP contribution in [0.1, 0.15) is 35.0 Å². The Hall–Kier alpha value is -0.850. The average molecular weight is 194 g/mol. The zero-order chi connectivity index (χ0) is 9.84. The molecule has 1 aromatic rings. The number of thiazole rings is 1. The molecule has 0 amide bonds. The van der Waals surface area contributed by atoms with Crippen LogP contribution >= 0.6 is 11.3 Å². The summed E-state index contributed by atoms with van der Waals surface area (Å²) in [5, 5.41) is 1.08. The van der Waals surface area contributed by atoms with Gasteiger partial charge in [-0.1, -0.05) is 0 Å². The first-order valence-electron chi connectivity index (χ1n) is 4.24. The molecule has 0 fully saturated rings. The summed E-state index contributed by atoms with van der Waals surface area (Å²) < 4.78 is 0. The normalized spacial score (nSPS) is 12.0. The lowest BCUT2D eigenvalue weighted by molar-refractivity contribution is 0.761. The van der Waals surface area contributed by atoms with E-state index in [-0.39, 0.29) is 6.04 Å². The van der Waals surface area contributed by atoms with Crippen molar-refractivity contribution < 1.29 is 0 Å². The second-order valence-corrected chi connectivity index (χ2v) is 4.15. The monoisotopic (exact) mass is 194 g/mol. The lowest BCUT2D eigenvalue weighted by Gasteiger charge is -2.04. The molecule has 0 aromatic carbocycles. The van der Waals surface area contributed by atoms with Gasteiger partial charge in [0.25, 0.3) is 0 Å². The molecule has 0 radical (unpaired) electrons. The number of hydrogen-bond donors (Lipinski definition) is 1. The first-order valence-corrected chi connectivity index (χ1v) is 5.06. The van der Waals surface area contributed by atoms with Crippen molar-refractivity contribution in [2.75, 3.05) is 0 Å². The SMILES string of the molecule is CC#CCC(N)c1sc(C)nc1C. The van der Waals surface area contributed by atoms with E-state index in [1.54, 1.807) is 11.3 Å². The summed E-state index contributed by atoms with van der Waals surface area (Å²) in [6, 6.07) is 0.0265. The van der Waals surface area contributed by atoms with Crippen LogP contribution < -0.4 is 5.73 Å². The van der Waals surface area contributed by atoms with Crippen LogP contribution in [0.3, 0.4) is 0 Å². The van der Waals surface area contributed by atoms with Gasteiger partial charge in [-0.15, -0.1) is 23.2 Å². The Morgan fingerprint density at radius 2 is 2.23 bits per heavy atom. The van der Waals surface area contributed by atoms with Crippen LogP contribution in [0.4, 0.5) is 0 Å². The van der Waals surface area contributed by atoms with Crippen LogP contribution in [0, 0.1) is 25.7 Å². The van der Waals surface area contributed by atoms with E-state index in [9.17, 15) is 0 Å². The molecule has 0 saturated heterocycles. The largest absolute Gasteiger partial charge is 0.322 e. The van der Waals surface area contributed by atoms with Crippen LogP contribution in [-0.2, 0) is 0 Å². The van der Waals surface area contributed by atoms with E-state index in [1.165, 1.54) is 4.88 Å². The third-order valence-corrected chi connectivity index (χ3v) is 2.98. The fraction of sp³-hybridized carbons (Fsp3) is 0.500. The lowest BCUT2D eigenvalue weighted by atomic mass is 10.1. The lowest BCUT2D eigenvalue weighted by Crippen LogP contribution is -2.08. The van der Waals surface area contributed by atoms with Crippen LogP contribution in [-0.4, -0.2) is 4.98 Å². The van der Waals surface area contributed by atoms with E-state index in [1.807, 2.05) is 20.8 Å². The standard InChI is InChI=1S/C10H14N2S/c1-4-5-6-9(11)10-7(2)12-8(3)13-10/h9H,6,11H2,1-3H3. The molecule has 1 atom stereocenters. The maximum Gasteiger partial charge on any atom is 0.0900 e. The van der Waals surface area contributed by atoms with Gasteiger partial charge in [0.15, 0.2) is 0 Å². The fourth-order valence-electron chi connectivity index (χ4n) is 1.20. The van der Waals surface area contributed by atoms with Crippen molar-refractivity contribution in [3.63, 3.8) is 0 Å². The summed E-state index contributed by atoms with van der Waals surface area (Å²) in [4.78, 5) is 5.50. The second-order valence-electron chi connectivity index (χ2n) is 2.92. The zero-order valence-corrected chi connectivity index (χ0v) is 9.03. The number of nitrogens with two attached hydrogens (primary N) is 1. The van der Waals surface area contributed by atoms with Gasteiger partial charge in [0.05, 0.1) is 16.7 Å². The first-order chi connectivity index (χ1) is 6.15. The van der Waals surface area contributed by atoms with Gasteiger partial charge >= 0.3 is 0 Å². The Labute approximate surface area is 83.2 Å². The van der Waals surface area contributed by atoms with Gasteiger partial charge in [-0.25, -0.2) is 4.98 Å². The van der Waals surface area contributed by atoms with E-state index in [4.69, 9.17) is 5.73 Å². The number of rotatable bonds is 2. The molecule has 1 unspecified atom stereocenters. The van der Waals surface area contributed by atoms with Gasteiger partial charge < -0.3 is 5.73 Å². The molecule has 70 valence electrons. The smallest absolute Gasteiger partial charge is 0.0900 e. The highest BCUT2D eigenvalue weighted by atomic mass is 32.1. The Morgan fingerprint density at radius 1 is 1.54 bits per heavy atom. The predicted molar refractivity (Wildman–Crippen MR) is 56.6 cm³/mol. The van der Waals surface area contributed by atoms with E-state index in [0.29, 0.717) is 0 Å². The van der Waals surface area contributed by atoms with Crippen molar-refractivity contribution in [2.45, 2.75) is 33.2 Å². The molecular weight excluding hydrogens is 180 g/mol. The van der Waals surface area contributed by atoms with Gasteiger partial charge in [0, 0.05) is 11.3 Å². The first kappa shape index (κ1) is 10.2. The molecule has 0 aliphatic carbocycles. The summed E-state index contributed by atoms with van der Waals surface area (Å²) in [6.07, 6.45) is 0.721. The summed E-state index contributed by atoms with van der Waals surface area (Å²) in [5.41, 5.74) is 7.01. The minimum absolute atomic E-state index is 0.0265. The van der Waals surface area contributed by atoms with Crippen LogP contribution in [0.5, 0.6) is 0 Å². The van der Waals surface area contributed by atoms with Crippen LogP contribution in [0.25, 0.3) is 0 Å². The molecule has 2 N–H and O–H groups in total. The third-order valence-electron chi connectivity index (χ3n) is 1.77. The molecule has 0 saturated carbocycles. The topological polar surface area (TPSA) is 38.9 Å². The van der Waals surface area contributed by atoms with Crippen molar-refractivity contribution in [2.24, 2.45) is 5.73 Å². The van der Waals surface area contributed by atoms with Gasteiger partial charge in [-0.05, 0) is 20.8 Å². The van der Waals surface area contributed by atoms with Gasteiger partial charge in [0.1, 0.15) is 0 Å². The maximum atomic E-state index is 5.96. The molecule has 2 nitrogen and oxygen atoms in total. The molecule has 0 aliphatic heterocycles. The third kappa shape index (κ3) is 2.55. The molecule has 1 aromatic heterocycles. The van der Waals surface area contributed by atoms with E-state index >= 15 is 0 Å². The summed E-state index contributed by atoms with van der Waals surface area (Å²) in [5.74, 6) is 5.84. The van der Waals surface area contributed by atoms with Crippen molar-refractivity contribution in [3.05, 3.63) is 15.6 Å².